The molecule has 0 saturated heterocycles. The van der Waals surface area contributed by atoms with Crippen LogP contribution < -0.4 is 10.1 Å². The Bertz CT molecular complexity index is 992. The van der Waals surface area contributed by atoms with E-state index in [-0.39, 0.29) is 10.3 Å². The molecule has 0 radical (unpaired) electrons. The zero-order valence-corrected chi connectivity index (χ0v) is 15.1. The second-order valence-corrected chi connectivity index (χ2v) is 6.51. The third-order valence-electron chi connectivity index (χ3n) is 3.54. The van der Waals surface area contributed by atoms with Gasteiger partial charge in [0.2, 0.25) is 11.6 Å². The van der Waals surface area contributed by atoms with Crippen molar-refractivity contribution < 1.29 is 35.9 Å². The number of nitrogens with one attached hydrogen (secondary N) is 1. The molecule has 2 aromatic heterocycles. The highest BCUT2D eigenvalue weighted by Gasteiger charge is 2.45. The molecule has 154 valence electrons. The van der Waals surface area contributed by atoms with Crippen LogP contribution in [-0.4, -0.2) is 20.9 Å². The first-order valence-electron chi connectivity index (χ1n) is 7.70. The molecule has 0 aliphatic carbocycles. The van der Waals surface area contributed by atoms with Crippen molar-refractivity contribution in [3.63, 3.8) is 0 Å². The molecule has 1 N–H and O–H groups in total. The lowest BCUT2D eigenvalue weighted by Crippen LogP contribution is -2.19. The van der Waals surface area contributed by atoms with E-state index < -0.39 is 35.8 Å². The minimum atomic E-state index is -5.16. The summed E-state index contributed by atoms with van der Waals surface area (Å²) in [4.78, 5) is 11.9. The van der Waals surface area contributed by atoms with Gasteiger partial charge in [-0.2, -0.15) is 26.3 Å². The summed E-state index contributed by atoms with van der Waals surface area (Å²) in [5.74, 6) is -3.64. The van der Waals surface area contributed by atoms with Crippen LogP contribution in [-0.2, 0) is 12.4 Å². The number of aryl methyl sites for hydroxylation is 1. The first-order chi connectivity index (χ1) is 13.5. The van der Waals surface area contributed by atoms with Crippen molar-refractivity contribution in [2.45, 2.75) is 19.3 Å². The molecule has 0 fully saturated rings. The second-order valence-electron chi connectivity index (χ2n) is 5.63. The van der Waals surface area contributed by atoms with E-state index in [0.717, 1.165) is 29.8 Å². The Morgan fingerprint density at radius 3 is 2.00 bits per heavy atom. The number of nitrogens with zero attached hydrogens (tertiary/aromatic N) is 3. The predicted octanol–water partition coefficient (Wildman–Crippen LogP) is 5.29. The highest BCUT2D eigenvalue weighted by molar-refractivity contribution is 7.12. The fraction of sp³-hybridized carbons (Fsp3) is 0.188. The number of halogens is 6. The number of anilines is 1. The smallest absolute Gasteiger partial charge is 0.399 e. The molecule has 0 spiro atoms. The van der Waals surface area contributed by atoms with Gasteiger partial charge in [0.15, 0.2) is 5.06 Å². The van der Waals surface area contributed by atoms with Gasteiger partial charge >= 0.3 is 18.4 Å². The number of thiophene rings is 1. The molecule has 0 bridgehead atoms. The van der Waals surface area contributed by atoms with Crippen molar-refractivity contribution in [2.24, 2.45) is 0 Å². The molecule has 0 atom stereocenters. The van der Waals surface area contributed by atoms with Crippen LogP contribution in [0.1, 0.15) is 17.2 Å². The molecule has 2 heterocycles. The summed E-state index contributed by atoms with van der Waals surface area (Å²) in [6.07, 6.45) is -11.2. The second kappa shape index (κ2) is 7.39. The van der Waals surface area contributed by atoms with E-state index in [1.807, 2.05) is 0 Å². The molecule has 13 heteroatoms. The first-order valence-corrected chi connectivity index (χ1v) is 8.58. The number of ether oxygens (including phenoxy) is 1. The van der Waals surface area contributed by atoms with Gasteiger partial charge in [0, 0.05) is 16.9 Å². The molecule has 3 aromatic rings. The number of carbonyl (C=O) groups excluding carboxylic acids is 1. The Balaban J connectivity index is 1.86. The van der Waals surface area contributed by atoms with Crippen molar-refractivity contribution in [2.75, 3.05) is 5.32 Å². The van der Waals surface area contributed by atoms with Crippen LogP contribution in [0.2, 0.25) is 0 Å². The molecule has 0 unspecified atom stereocenters. The first kappa shape index (κ1) is 20.6. The number of amides is 1. The Morgan fingerprint density at radius 2 is 1.55 bits per heavy atom. The average Bonchev–Trinajstić information content (AvgIpc) is 3.22. The largest absolute Gasteiger partial charge is 0.452 e. The molecule has 3 rings (SSSR count). The highest BCUT2D eigenvalue weighted by Crippen LogP contribution is 2.36. The van der Waals surface area contributed by atoms with Crippen molar-refractivity contribution in [3.8, 4) is 10.8 Å². The van der Waals surface area contributed by atoms with Gasteiger partial charge in [-0.15, -0.1) is 21.5 Å². The molecule has 0 aliphatic heterocycles. The van der Waals surface area contributed by atoms with Gasteiger partial charge in [0.25, 0.3) is 0 Å². The average molecular weight is 436 g/mol. The summed E-state index contributed by atoms with van der Waals surface area (Å²) in [7, 11) is 0. The van der Waals surface area contributed by atoms with E-state index >= 15 is 0 Å². The fourth-order valence-corrected chi connectivity index (χ4v) is 3.05. The topological polar surface area (TPSA) is 69.0 Å². The maximum Gasteiger partial charge on any atom is 0.452 e. The molecule has 1 amide bonds. The van der Waals surface area contributed by atoms with Crippen LogP contribution >= 0.6 is 11.3 Å². The standard InChI is InChI=1S/C16H10F6N4O2S/c1-8-6-7-29-11(8)28-14(27)23-9-2-4-10(5-3-9)26-12(15(17,18)19)24-25-13(26)16(20,21)22/h2-7H,1H3,(H,23,27). The number of hydrogen-bond acceptors (Lipinski definition) is 5. The summed E-state index contributed by atoms with van der Waals surface area (Å²) >= 11 is 1.18. The van der Waals surface area contributed by atoms with Crippen LogP contribution in [0.5, 0.6) is 5.06 Å². The van der Waals surface area contributed by atoms with E-state index in [1.165, 1.54) is 11.3 Å². The molecule has 1 aromatic carbocycles. The molecule has 0 aliphatic rings. The summed E-state index contributed by atoms with van der Waals surface area (Å²) in [6.45, 7) is 1.73. The van der Waals surface area contributed by atoms with E-state index in [4.69, 9.17) is 4.74 Å². The number of benzene rings is 1. The summed E-state index contributed by atoms with van der Waals surface area (Å²) < 4.78 is 83.1. The van der Waals surface area contributed by atoms with Crippen LogP contribution in [0.4, 0.5) is 36.8 Å². The van der Waals surface area contributed by atoms with Gasteiger partial charge in [0.05, 0.1) is 0 Å². The maximum absolute atomic E-state index is 13.0. The van der Waals surface area contributed by atoms with Crippen molar-refractivity contribution in [1.82, 2.24) is 14.8 Å². The van der Waals surface area contributed by atoms with Gasteiger partial charge < -0.3 is 4.74 Å². The quantitative estimate of drug-likeness (QED) is 0.567. The minimum absolute atomic E-state index is 0.100. The maximum atomic E-state index is 13.0. The van der Waals surface area contributed by atoms with Gasteiger partial charge in [-0.05, 0) is 42.6 Å². The number of rotatable bonds is 3. The summed E-state index contributed by atoms with van der Waals surface area (Å²) in [6, 6.07) is 5.90. The summed E-state index contributed by atoms with van der Waals surface area (Å²) in [5, 5.41) is 9.66. The fourth-order valence-electron chi connectivity index (χ4n) is 2.28. The zero-order valence-electron chi connectivity index (χ0n) is 14.3. The van der Waals surface area contributed by atoms with Gasteiger partial charge in [-0.1, -0.05) is 0 Å². The molecular weight excluding hydrogens is 426 g/mol. The van der Waals surface area contributed by atoms with Gasteiger partial charge in [-0.25, -0.2) is 4.79 Å². The zero-order chi connectivity index (χ0) is 21.4. The lowest BCUT2D eigenvalue weighted by molar-refractivity contribution is -0.153. The number of alkyl halides is 6. The molecule has 29 heavy (non-hydrogen) atoms. The Hall–Kier alpha value is -3.09. The normalized spacial score (nSPS) is 12.1. The predicted molar refractivity (Wildman–Crippen MR) is 90.1 cm³/mol. The number of carbonyl (C=O) groups is 1. The van der Waals surface area contributed by atoms with Crippen molar-refractivity contribution >= 4 is 23.1 Å². The number of aromatic nitrogens is 3. The third-order valence-corrected chi connectivity index (χ3v) is 4.43. The Kier molecular flexibility index (Phi) is 5.26. The molecule has 6 nitrogen and oxygen atoms in total. The summed E-state index contributed by atoms with van der Waals surface area (Å²) in [5.41, 5.74) is 0.346. The van der Waals surface area contributed by atoms with Gasteiger partial charge in [0.1, 0.15) is 0 Å². The lowest BCUT2D eigenvalue weighted by atomic mass is 10.2. The van der Waals surface area contributed by atoms with E-state index in [0.29, 0.717) is 5.06 Å². The van der Waals surface area contributed by atoms with Crippen molar-refractivity contribution in [3.05, 3.63) is 52.9 Å². The van der Waals surface area contributed by atoms with Crippen LogP contribution in [0.3, 0.4) is 0 Å². The number of hydrogen-bond donors (Lipinski definition) is 1. The Labute approximate surface area is 162 Å². The lowest BCUT2D eigenvalue weighted by Gasteiger charge is -2.14. The molecule has 0 saturated carbocycles. The molecular formula is C16H10F6N4O2S. The van der Waals surface area contributed by atoms with E-state index in [1.54, 1.807) is 18.4 Å². The van der Waals surface area contributed by atoms with Crippen LogP contribution in [0, 0.1) is 6.92 Å². The van der Waals surface area contributed by atoms with Crippen LogP contribution in [0.25, 0.3) is 5.69 Å². The van der Waals surface area contributed by atoms with E-state index in [2.05, 4.69) is 15.5 Å². The van der Waals surface area contributed by atoms with Crippen LogP contribution in [0.15, 0.2) is 35.7 Å². The van der Waals surface area contributed by atoms with Crippen molar-refractivity contribution in [1.29, 1.82) is 0 Å². The van der Waals surface area contributed by atoms with E-state index in [9.17, 15) is 31.1 Å². The monoisotopic (exact) mass is 436 g/mol. The SMILES string of the molecule is Cc1ccsc1OC(=O)Nc1ccc(-n2c(C(F)(F)F)nnc2C(F)(F)F)cc1. The minimum Gasteiger partial charge on any atom is -0.399 e. The Morgan fingerprint density at radius 1 is 1.00 bits per heavy atom. The highest BCUT2D eigenvalue weighted by atomic mass is 32.1. The van der Waals surface area contributed by atoms with Gasteiger partial charge in [-0.3, -0.25) is 9.88 Å². The third kappa shape index (κ3) is 4.50.